The summed E-state index contributed by atoms with van der Waals surface area (Å²) in [6.45, 7) is 12.8. The third kappa shape index (κ3) is 9.68. The van der Waals surface area contributed by atoms with Gasteiger partial charge < -0.3 is 20.1 Å². The van der Waals surface area contributed by atoms with Crippen LogP contribution in [0, 0.1) is 0 Å². The van der Waals surface area contributed by atoms with Crippen molar-refractivity contribution in [3.05, 3.63) is 116 Å². The van der Waals surface area contributed by atoms with E-state index in [1.807, 2.05) is 6.07 Å². The van der Waals surface area contributed by atoms with Gasteiger partial charge >= 0.3 is 0 Å². The van der Waals surface area contributed by atoms with Crippen LogP contribution in [0.3, 0.4) is 0 Å². The van der Waals surface area contributed by atoms with E-state index in [0.717, 1.165) is 23.4 Å². The molecule has 0 bridgehead atoms. The fourth-order valence-electron chi connectivity index (χ4n) is 5.69. The lowest BCUT2D eigenvalue weighted by atomic mass is 9.76. The van der Waals surface area contributed by atoms with Gasteiger partial charge in [0.25, 0.3) is 17.7 Å². The van der Waals surface area contributed by atoms with E-state index in [1.165, 1.54) is 30.0 Å². The maximum atomic E-state index is 13.8. The topological polar surface area (TPSA) is 122 Å². The molecule has 1 aliphatic heterocycles. The number of ether oxygens (including phenoxy) is 2. The molecule has 5 rings (SSSR count). The molecular formula is C42H44Cl3N5O5. The summed E-state index contributed by atoms with van der Waals surface area (Å²) in [6, 6.07) is 21.2. The molecular weight excluding hydrogens is 761 g/mol. The number of aliphatic imine (C=N–C) groups is 1. The molecule has 0 saturated carbocycles. The van der Waals surface area contributed by atoms with Gasteiger partial charge in [-0.25, -0.2) is 0 Å². The molecule has 0 aliphatic carbocycles. The molecule has 0 aromatic heterocycles. The van der Waals surface area contributed by atoms with E-state index in [0.29, 0.717) is 22.7 Å². The number of carbonyl (C=O) groups is 3. The van der Waals surface area contributed by atoms with Crippen LogP contribution < -0.4 is 25.1 Å². The standard InChI is InChI=1S/C42H44Cl3N5O5/c1-8-41(3,4)27-15-18-34(31(20-27)42(5,6)9-2)55-24-35(51)47-29-12-10-11-26(19-29)39(52)48-38-36(46-23-25-13-16-30(54-7)17-14-25)40(53)50(49-38)37-32(44)21-28(43)22-33(37)45/h10-23,36H,8-9,24H2,1-7H3,(H,47,51)(H,48,49,52)/b46-23+. The van der Waals surface area contributed by atoms with Crippen LogP contribution in [-0.4, -0.2) is 49.5 Å². The van der Waals surface area contributed by atoms with Crippen molar-refractivity contribution in [2.75, 3.05) is 24.0 Å². The second-order valence-corrected chi connectivity index (χ2v) is 15.6. The highest BCUT2D eigenvalue weighted by molar-refractivity contribution is 6.43. The predicted molar refractivity (Wildman–Crippen MR) is 222 cm³/mol. The number of amidine groups is 1. The molecule has 0 spiro atoms. The smallest absolute Gasteiger partial charge is 0.280 e. The van der Waals surface area contributed by atoms with Crippen LogP contribution in [0.4, 0.5) is 11.4 Å². The fourth-order valence-corrected chi connectivity index (χ4v) is 6.66. The van der Waals surface area contributed by atoms with E-state index in [9.17, 15) is 14.4 Å². The van der Waals surface area contributed by atoms with Crippen LogP contribution in [0.15, 0.2) is 89.0 Å². The van der Waals surface area contributed by atoms with E-state index in [-0.39, 0.29) is 49.6 Å². The summed E-state index contributed by atoms with van der Waals surface area (Å²) >= 11 is 19.0. The molecule has 55 heavy (non-hydrogen) atoms. The van der Waals surface area contributed by atoms with Crippen molar-refractivity contribution in [1.82, 2.24) is 5.32 Å². The van der Waals surface area contributed by atoms with Crippen LogP contribution in [0.1, 0.15) is 81.4 Å². The quantitative estimate of drug-likeness (QED) is 0.130. The number of hydrogen-bond donors (Lipinski definition) is 2. The van der Waals surface area contributed by atoms with Crippen molar-refractivity contribution in [1.29, 1.82) is 0 Å². The summed E-state index contributed by atoms with van der Waals surface area (Å²) in [5.41, 5.74) is 3.40. The SMILES string of the molecule is CCC(C)(C)c1ccc(OCC(=O)Nc2cccc(C(=O)NC3=NN(c4c(Cl)cc(Cl)cc4Cl)C(=O)C3/N=C/c3ccc(OC)cc3)c2)c(C(C)(C)CC)c1. The summed E-state index contributed by atoms with van der Waals surface area (Å²) in [6.07, 6.45) is 3.36. The summed E-state index contributed by atoms with van der Waals surface area (Å²) in [5, 5.41) is 11.3. The average molecular weight is 805 g/mol. The van der Waals surface area contributed by atoms with Gasteiger partial charge in [-0.2, -0.15) is 5.01 Å². The molecule has 10 nitrogen and oxygen atoms in total. The van der Waals surface area contributed by atoms with Crippen LogP contribution in [0.2, 0.25) is 15.1 Å². The number of nitrogens with zero attached hydrogens (tertiary/aromatic N) is 3. The van der Waals surface area contributed by atoms with Crippen molar-refractivity contribution < 1.29 is 23.9 Å². The van der Waals surface area contributed by atoms with E-state index >= 15 is 0 Å². The summed E-state index contributed by atoms with van der Waals surface area (Å²) < 4.78 is 11.3. The number of nitrogens with one attached hydrogen (secondary N) is 2. The predicted octanol–water partition coefficient (Wildman–Crippen LogP) is 9.63. The highest BCUT2D eigenvalue weighted by Crippen LogP contribution is 2.40. The molecule has 0 fully saturated rings. The molecule has 2 N–H and O–H groups in total. The number of benzene rings is 4. The van der Waals surface area contributed by atoms with Gasteiger partial charge in [-0.15, -0.1) is 5.10 Å². The number of hydrogen-bond acceptors (Lipinski definition) is 7. The van der Waals surface area contributed by atoms with Crippen molar-refractivity contribution in [2.24, 2.45) is 10.1 Å². The first-order valence-electron chi connectivity index (χ1n) is 17.8. The third-order valence-corrected chi connectivity index (χ3v) is 10.7. The van der Waals surface area contributed by atoms with Crippen LogP contribution in [-0.2, 0) is 20.4 Å². The Morgan fingerprint density at radius 2 is 1.56 bits per heavy atom. The Hall–Kier alpha value is -4.90. The number of carbonyl (C=O) groups excluding carboxylic acids is 3. The third-order valence-electron chi connectivity index (χ3n) is 9.86. The van der Waals surface area contributed by atoms with Crippen molar-refractivity contribution in [3.8, 4) is 11.5 Å². The number of rotatable bonds is 13. The van der Waals surface area contributed by atoms with Gasteiger partial charge in [0.2, 0.25) is 0 Å². The first-order valence-corrected chi connectivity index (χ1v) is 18.9. The zero-order chi connectivity index (χ0) is 40.1. The maximum Gasteiger partial charge on any atom is 0.280 e. The van der Waals surface area contributed by atoms with Gasteiger partial charge in [0, 0.05) is 28.1 Å². The van der Waals surface area contributed by atoms with E-state index in [1.54, 1.807) is 49.6 Å². The van der Waals surface area contributed by atoms with E-state index in [2.05, 4.69) is 74.4 Å². The lowest BCUT2D eigenvalue weighted by Gasteiger charge is -2.30. The minimum Gasteiger partial charge on any atom is -0.497 e. The lowest BCUT2D eigenvalue weighted by molar-refractivity contribution is -0.118. The molecule has 3 amide bonds. The molecule has 1 heterocycles. The number of methoxy groups -OCH3 is 1. The molecule has 4 aromatic rings. The van der Waals surface area contributed by atoms with Gasteiger partial charge in [0.1, 0.15) is 17.2 Å². The monoisotopic (exact) mass is 803 g/mol. The Kier molecular flexibility index (Phi) is 13.0. The van der Waals surface area contributed by atoms with E-state index in [4.69, 9.17) is 44.3 Å². The van der Waals surface area contributed by atoms with Gasteiger partial charge in [-0.05, 0) is 95.5 Å². The lowest BCUT2D eigenvalue weighted by Crippen LogP contribution is -2.39. The highest BCUT2D eigenvalue weighted by Gasteiger charge is 2.39. The molecule has 0 saturated heterocycles. The van der Waals surface area contributed by atoms with Gasteiger partial charge in [0.15, 0.2) is 18.5 Å². The van der Waals surface area contributed by atoms with Crippen molar-refractivity contribution in [3.63, 3.8) is 0 Å². The highest BCUT2D eigenvalue weighted by atomic mass is 35.5. The number of halogens is 3. The Balaban J connectivity index is 1.34. The van der Waals surface area contributed by atoms with Crippen molar-refractivity contribution in [2.45, 2.75) is 71.3 Å². The fraction of sp³-hybridized carbons (Fsp3) is 0.310. The largest absolute Gasteiger partial charge is 0.497 e. The Morgan fingerprint density at radius 3 is 2.20 bits per heavy atom. The molecule has 1 aliphatic rings. The molecule has 1 atom stereocenters. The minimum atomic E-state index is -1.25. The first kappa shape index (κ1) is 41.3. The minimum absolute atomic E-state index is 0.00538. The van der Waals surface area contributed by atoms with Gasteiger partial charge in [-0.3, -0.25) is 19.4 Å². The van der Waals surface area contributed by atoms with Crippen LogP contribution in [0.25, 0.3) is 0 Å². The molecule has 1 unspecified atom stereocenters. The second-order valence-electron chi connectivity index (χ2n) is 14.4. The van der Waals surface area contributed by atoms with Crippen molar-refractivity contribution >= 4 is 75.9 Å². The molecule has 4 aromatic carbocycles. The Bertz CT molecular complexity index is 2130. The first-order chi connectivity index (χ1) is 26.1. The molecule has 13 heteroatoms. The molecule has 288 valence electrons. The van der Waals surface area contributed by atoms with E-state index < -0.39 is 23.8 Å². The van der Waals surface area contributed by atoms with Gasteiger partial charge in [-0.1, -0.05) is 94.5 Å². The summed E-state index contributed by atoms with van der Waals surface area (Å²) in [7, 11) is 1.56. The van der Waals surface area contributed by atoms with Crippen LogP contribution in [0.5, 0.6) is 11.5 Å². The Labute approximate surface area is 336 Å². The number of hydrazone groups is 1. The second kappa shape index (κ2) is 17.3. The average Bonchev–Trinajstić information content (AvgIpc) is 3.45. The van der Waals surface area contributed by atoms with Crippen LogP contribution >= 0.6 is 34.8 Å². The zero-order valence-electron chi connectivity index (χ0n) is 31.8. The Morgan fingerprint density at radius 1 is 0.891 bits per heavy atom. The number of anilines is 2. The zero-order valence-corrected chi connectivity index (χ0v) is 34.1. The summed E-state index contributed by atoms with van der Waals surface area (Å²) in [5.74, 6) is -0.372. The normalized spacial score (nSPS) is 14.6. The van der Waals surface area contributed by atoms with Gasteiger partial charge in [0.05, 0.1) is 17.2 Å². The summed E-state index contributed by atoms with van der Waals surface area (Å²) in [4.78, 5) is 45.0. The number of amides is 3. The molecule has 0 radical (unpaired) electrons. The maximum absolute atomic E-state index is 13.8.